The molecule has 486 valence electrons. The zero-order chi connectivity index (χ0) is 61.0. The van der Waals surface area contributed by atoms with Gasteiger partial charge in [-0.15, -0.1) is 0 Å². The molecule has 3 N–H and O–H groups in total. The van der Waals surface area contributed by atoms with E-state index in [4.69, 9.17) is 37.0 Å². The van der Waals surface area contributed by atoms with E-state index in [-0.39, 0.29) is 25.7 Å². The molecule has 5 atom stereocenters. The molecule has 0 amide bonds. The zero-order valence-corrected chi connectivity index (χ0v) is 54.7. The molecule has 0 bridgehead atoms. The Balaban J connectivity index is 5.24. The van der Waals surface area contributed by atoms with Gasteiger partial charge in [0, 0.05) is 25.7 Å². The van der Waals surface area contributed by atoms with Crippen molar-refractivity contribution in [2.24, 2.45) is 17.8 Å². The van der Waals surface area contributed by atoms with Crippen molar-refractivity contribution in [2.75, 3.05) is 39.6 Å². The molecule has 0 aliphatic rings. The number of phosphoric acid groups is 2. The summed E-state index contributed by atoms with van der Waals surface area (Å²) in [5.74, 6) is 0.00551. The van der Waals surface area contributed by atoms with Crippen LogP contribution in [-0.2, 0) is 65.4 Å². The second-order valence-electron chi connectivity index (χ2n) is 24.2. The Bertz CT molecular complexity index is 1630. The summed E-state index contributed by atoms with van der Waals surface area (Å²) in [5.41, 5.74) is 0. The standard InChI is InChI=1S/C63H122O17P2/c1-8-9-10-11-12-15-22-30-37-44-60(65)73-51-59(80-63(68)47-40-33-26-25-29-36-43-56(6)7)53-78-82(71,72)76-49-57(64)48-75-81(69,70)77-52-58(50-74-61(66)45-38-31-23-19-18-21-28-35-42-55(4)5)79-62(67)46-39-32-24-17-14-13-16-20-27-34-41-54(2)3/h54-59,64H,8-53H2,1-7H3,(H,69,70)(H,71,72)/t57-,58-,59-/m1/s1. The predicted octanol–water partition coefficient (Wildman–Crippen LogP) is 17.1. The van der Waals surface area contributed by atoms with Gasteiger partial charge < -0.3 is 33.8 Å². The average Bonchev–Trinajstić information content (AvgIpc) is 3.44. The molecule has 2 unspecified atom stereocenters. The van der Waals surface area contributed by atoms with Gasteiger partial charge in [-0.1, -0.05) is 254 Å². The fourth-order valence-electron chi connectivity index (χ4n) is 9.30. The van der Waals surface area contributed by atoms with Gasteiger partial charge in [0.1, 0.15) is 19.3 Å². The van der Waals surface area contributed by atoms with Crippen molar-refractivity contribution < 1.29 is 80.2 Å². The highest BCUT2D eigenvalue weighted by Crippen LogP contribution is 2.45. The third-order valence-corrected chi connectivity index (χ3v) is 16.3. The van der Waals surface area contributed by atoms with E-state index in [1.165, 1.54) is 116 Å². The second-order valence-corrected chi connectivity index (χ2v) is 27.1. The number of carbonyl (C=O) groups excluding carboxylic acids is 4. The number of phosphoric ester groups is 2. The molecule has 0 heterocycles. The average molecular weight is 1210 g/mol. The Morgan fingerprint density at radius 2 is 0.561 bits per heavy atom. The molecule has 0 aliphatic carbocycles. The van der Waals surface area contributed by atoms with E-state index in [0.29, 0.717) is 31.6 Å². The van der Waals surface area contributed by atoms with Crippen molar-refractivity contribution in [3.63, 3.8) is 0 Å². The Morgan fingerprint density at radius 1 is 0.329 bits per heavy atom. The van der Waals surface area contributed by atoms with Crippen LogP contribution in [0.15, 0.2) is 0 Å². The molecular weight excluding hydrogens is 1090 g/mol. The summed E-state index contributed by atoms with van der Waals surface area (Å²) in [4.78, 5) is 72.1. The van der Waals surface area contributed by atoms with E-state index < -0.39 is 97.5 Å². The molecule has 0 radical (unpaired) electrons. The third kappa shape index (κ3) is 57.2. The number of esters is 4. The molecule has 17 nitrogen and oxygen atoms in total. The molecule has 0 aromatic heterocycles. The zero-order valence-electron chi connectivity index (χ0n) is 52.9. The van der Waals surface area contributed by atoms with Crippen LogP contribution in [0.5, 0.6) is 0 Å². The highest BCUT2D eigenvalue weighted by atomic mass is 31.2. The van der Waals surface area contributed by atoms with Crippen molar-refractivity contribution >= 4 is 39.5 Å². The summed E-state index contributed by atoms with van der Waals surface area (Å²) in [7, 11) is -9.88. The SMILES string of the molecule is CCCCCCCCCCCC(=O)OC[C@H](COP(=O)(O)OC[C@H](O)COP(=O)(O)OC[C@@H](COC(=O)CCCCCCCCCCC(C)C)OC(=O)CCCCCCCCCCCCC(C)C)OC(=O)CCCCCCCCC(C)C. The first kappa shape index (κ1) is 80.1. The van der Waals surface area contributed by atoms with Crippen LogP contribution in [0.3, 0.4) is 0 Å². The Labute approximate surface area is 498 Å². The molecule has 0 saturated heterocycles. The summed E-state index contributed by atoms with van der Waals surface area (Å²) < 4.78 is 67.9. The number of carbonyl (C=O) groups is 4. The van der Waals surface area contributed by atoms with Crippen LogP contribution in [0, 0.1) is 17.8 Å². The van der Waals surface area contributed by atoms with Crippen molar-refractivity contribution in [2.45, 2.75) is 324 Å². The molecule has 0 aromatic rings. The van der Waals surface area contributed by atoms with Crippen LogP contribution in [0.2, 0.25) is 0 Å². The molecule has 0 fully saturated rings. The van der Waals surface area contributed by atoms with E-state index in [2.05, 4.69) is 48.5 Å². The lowest BCUT2D eigenvalue weighted by Gasteiger charge is -2.21. The van der Waals surface area contributed by atoms with E-state index in [1.54, 1.807) is 0 Å². The van der Waals surface area contributed by atoms with E-state index >= 15 is 0 Å². The Morgan fingerprint density at radius 3 is 0.829 bits per heavy atom. The van der Waals surface area contributed by atoms with Crippen LogP contribution in [-0.4, -0.2) is 96.7 Å². The van der Waals surface area contributed by atoms with Crippen molar-refractivity contribution in [1.29, 1.82) is 0 Å². The van der Waals surface area contributed by atoms with Crippen LogP contribution >= 0.6 is 15.6 Å². The lowest BCUT2D eigenvalue weighted by molar-refractivity contribution is -0.161. The summed E-state index contributed by atoms with van der Waals surface area (Å²) >= 11 is 0. The number of ether oxygens (including phenoxy) is 4. The topological polar surface area (TPSA) is 237 Å². The number of aliphatic hydroxyl groups is 1. The molecule has 19 heteroatoms. The van der Waals surface area contributed by atoms with Gasteiger partial charge in [0.2, 0.25) is 0 Å². The number of hydrogen-bond acceptors (Lipinski definition) is 15. The summed E-state index contributed by atoms with van der Waals surface area (Å²) in [5, 5.41) is 10.5. The first-order valence-corrected chi connectivity index (χ1v) is 35.8. The smallest absolute Gasteiger partial charge is 0.462 e. The fraction of sp³-hybridized carbons (Fsp3) is 0.937. The first-order chi connectivity index (χ1) is 39.2. The van der Waals surface area contributed by atoms with E-state index in [0.717, 1.165) is 102 Å². The number of hydrogen-bond donors (Lipinski definition) is 3. The number of aliphatic hydroxyl groups excluding tert-OH is 1. The van der Waals surface area contributed by atoms with Gasteiger partial charge in [0.25, 0.3) is 0 Å². The van der Waals surface area contributed by atoms with Gasteiger partial charge in [-0.05, 0) is 43.4 Å². The summed E-state index contributed by atoms with van der Waals surface area (Å²) in [6.45, 7) is 11.6. The second kappa shape index (κ2) is 54.5. The largest absolute Gasteiger partial charge is 0.472 e. The Hall–Kier alpha value is -1.94. The maximum atomic E-state index is 13.0. The van der Waals surface area contributed by atoms with Crippen LogP contribution in [0.4, 0.5) is 0 Å². The quantitative estimate of drug-likeness (QED) is 0.0222. The lowest BCUT2D eigenvalue weighted by Crippen LogP contribution is -2.30. The molecule has 0 saturated carbocycles. The van der Waals surface area contributed by atoms with Crippen LogP contribution in [0.1, 0.15) is 305 Å². The predicted molar refractivity (Wildman–Crippen MR) is 326 cm³/mol. The van der Waals surface area contributed by atoms with Gasteiger partial charge in [0.05, 0.1) is 26.4 Å². The lowest BCUT2D eigenvalue weighted by atomic mass is 10.0. The molecular formula is C63H122O17P2. The highest BCUT2D eigenvalue weighted by molar-refractivity contribution is 7.47. The minimum atomic E-state index is -4.94. The maximum Gasteiger partial charge on any atom is 0.472 e. The minimum Gasteiger partial charge on any atom is -0.462 e. The van der Waals surface area contributed by atoms with Gasteiger partial charge >= 0.3 is 39.5 Å². The highest BCUT2D eigenvalue weighted by Gasteiger charge is 2.30. The first-order valence-electron chi connectivity index (χ1n) is 32.8. The van der Waals surface area contributed by atoms with Gasteiger partial charge in [-0.3, -0.25) is 37.3 Å². The van der Waals surface area contributed by atoms with Crippen molar-refractivity contribution in [1.82, 2.24) is 0 Å². The summed E-state index contributed by atoms with van der Waals surface area (Å²) in [6, 6.07) is 0. The third-order valence-electron chi connectivity index (χ3n) is 14.4. The van der Waals surface area contributed by atoms with Gasteiger partial charge in [-0.25, -0.2) is 9.13 Å². The summed E-state index contributed by atoms with van der Waals surface area (Å²) in [6.07, 6.45) is 35.0. The molecule has 0 aromatic carbocycles. The van der Waals surface area contributed by atoms with E-state index in [9.17, 15) is 43.2 Å². The normalized spacial score (nSPS) is 14.4. The van der Waals surface area contributed by atoms with Crippen molar-refractivity contribution in [3.8, 4) is 0 Å². The Kier molecular flexibility index (Phi) is 53.2. The molecule has 0 spiro atoms. The number of rotatable bonds is 61. The molecule has 82 heavy (non-hydrogen) atoms. The monoisotopic (exact) mass is 1210 g/mol. The van der Waals surface area contributed by atoms with Crippen LogP contribution in [0.25, 0.3) is 0 Å². The molecule has 0 rings (SSSR count). The van der Waals surface area contributed by atoms with Crippen molar-refractivity contribution in [3.05, 3.63) is 0 Å². The van der Waals surface area contributed by atoms with Gasteiger partial charge in [-0.2, -0.15) is 0 Å². The molecule has 0 aliphatic heterocycles. The number of unbranched alkanes of at least 4 members (excludes halogenated alkanes) is 29. The van der Waals surface area contributed by atoms with Gasteiger partial charge in [0.15, 0.2) is 12.2 Å². The fourth-order valence-corrected chi connectivity index (χ4v) is 10.9. The maximum absolute atomic E-state index is 13.0. The minimum absolute atomic E-state index is 0.102. The van der Waals surface area contributed by atoms with E-state index in [1.807, 2.05) is 0 Å². The van der Waals surface area contributed by atoms with Crippen LogP contribution < -0.4 is 0 Å².